The van der Waals surface area contributed by atoms with Crippen LogP contribution in [0, 0.1) is 6.92 Å². The molecule has 2 rings (SSSR count). The third-order valence-corrected chi connectivity index (χ3v) is 3.90. The van der Waals surface area contributed by atoms with E-state index in [-0.39, 0.29) is 31.5 Å². The minimum absolute atomic E-state index is 0.0252. The van der Waals surface area contributed by atoms with E-state index in [9.17, 15) is 9.59 Å². The Kier molecular flexibility index (Phi) is 6.40. The van der Waals surface area contributed by atoms with Crippen LogP contribution >= 0.6 is 0 Å². The first kappa shape index (κ1) is 17.3. The summed E-state index contributed by atoms with van der Waals surface area (Å²) < 4.78 is 10.8. The van der Waals surface area contributed by atoms with Gasteiger partial charge in [-0.05, 0) is 31.9 Å². The number of benzene rings is 1. The molecule has 126 valence electrons. The maximum absolute atomic E-state index is 12.5. The Morgan fingerprint density at radius 1 is 1.26 bits per heavy atom. The zero-order chi connectivity index (χ0) is 16.7. The summed E-state index contributed by atoms with van der Waals surface area (Å²) >= 11 is 0. The molecule has 6 nitrogen and oxygen atoms in total. The number of aryl methyl sites for hydroxylation is 1. The Morgan fingerprint density at radius 2 is 1.91 bits per heavy atom. The average molecular weight is 321 g/mol. The van der Waals surface area contributed by atoms with Crippen LogP contribution in [0.25, 0.3) is 0 Å². The van der Waals surface area contributed by atoms with Crippen LogP contribution in [0.15, 0.2) is 24.3 Å². The number of carboxylic acids is 1. The molecular weight excluding hydrogens is 298 g/mol. The summed E-state index contributed by atoms with van der Waals surface area (Å²) in [5, 5.41) is 8.88. The number of aliphatic carboxylic acids is 1. The summed E-state index contributed by atoms with van der Waals surface area (Å²) in [5.74, 6) is -0.456. The lowest BCUT2D eigenvalue weighted by molar-refractivity contribution is -0.141. The van der Waals surface area contributed by atoms with Gasteiger partial charge in [0.25, 0.3) is 5.91 Å². The van der Waals surface area contributed by atoms with E-state index >= 15 is 0 Å². The van der Waals surface area contributed by atoms with Crippen molar-refractivity contribution in [2.45, 2.75) is 32.2 Å². The zero-order valence-corrected chi connectivity index (χ0v) is 13.4. The van der Waals surface area contributed by atoms with Crippen LogP contribution in [0.4, 0.5) is 0 Å². The van der Waals surface area contributed by atoms with Gasteiger partial charge in [-0.2, -0.15) is 0 Å². The van der Waals surface area contributed by atoms with E-state index in [0.717, 1.165) is 18.4 Å². The summed E-state index contributed by atoms with van der Waals surface area (Å²) in [6.07, 6.45) is 1.40. The number of amides is 1. The van der Waals surface area contributed by atoms with Crippen LogP contribution in [0.3, 0.4) is 0 Å². The molecule has 1 aliphatic rings. The van der Waals surface area contributed by atoms with Crippen molar-refractivity contribution in [3.63, 3.8) is 0 Å². The van der Waals surface area contributed by atoms with Crippen molar-refractivity contribution in [1.29, 1.82) is 0 Å². The van der Waals surface area contributed by atoms with Gasteiger partial charge in [0.2, 0.25) is 0 Å². The standard InChI is InChI=1S/C17H23NO5/c1-13-2-4-15(5-3-13)23-12-16(19)18(9-6-17(20)21)14-7-10-22-11-8-14/h2-5,14H,6-12H2,1H3,(H,20,21). The second kappa shape index (κ2) is 8.53. The number of carbonyl (C=O) groups excluding carboxylic acids is 1. The Hall–Kier alpha value is -2.08. The minimum Gasteiger partial charge on any atom is -0.484 e. The SMILES string of the molecule is Cc1ccc(OCC(=O)N(CCC(=O)O)C2CCOCC2)cc1. The fraction of sp³-hybridized carbons (Fsp3) is 0.529. The fourth-order valence-corrected chi connectivity index (χ4v) is 2.59. The predicted octanol–water partition coefficient (Wildman–Crippen LogP) is 1.86. The van der Waals surface area contributed by atoms with Crippen molar-refractivity contribution in [1.82, 2.24) is 4.90 Å². The molecule has 1 N–H and O–H groups in total. The Morgan fingerprint density at radius 3 is 2.52 bits per heavy atom. The number of rotatable bonds is 7. The van der Waals surface area contributed by atoms with Crippen molar-refractivity contribution in [2.24, 2.45) is 0 Å². The van der Waals surface area contributed by atoms with E-state index in [4.69, 9.17) is 14.6 Å². The number of nitrogens with zero attached hydrogens (tertiary/aromatic N) is 1. The summed E-state index contributed by atoms with van der Waals surface area (Å²) in [4.78, 5) is 24.9. The van der Waals surface area contributed by atoms with E-state index in [0.29, 0.717) is 19.0 Å². The van der Waals surface area contributed by atoms with Crippen molar-refractivity contribution in [2.75, 3.05) is 26.4 Å². The third-order valence-electron chi connectivity index (χ3n) is 3.90. The van der Waals surface area contributed by atoms with Gasteiger partial charge in [-0.1, -0.05) is 17.7 Å². The van der Waals surface area contributed by atoms with Gasteiger partial charge in [-0.15, -0.1) is 0 Å². The van der Waals surface area contributed by atoms with Gasteiger partial charge in [-0.25, -0.2) is 0 Å². The molecule has 23 heavy (non-hydrogen) atoms. The summed E-state index contributed by atoms with van der Waals surface area (Å²) in [6, 6.07) is 7.50. The molecule has 1 aromatic rings. The van der Waals surface area contributed by atoms with E-state index in [2.05, 4.69) is 0 Å². The molecule has 0 atom stereocenters. The predicted molar refractivity (Wildman–Crippen MR) is 84.5 cm³/mol. The Balaban J connectivity index is 1.94. The number of carbonyl (C=O) groups is 2. The topological polar surface area (TPSA) is 76.1 Å². The monoisotopic (exact) mass is 321 g/mol. The number of hydrogen-bond acceptors (Lipinski definition) is 4. The van der Waals surface area contributed by atoms with Crippen molar-refractivity contribution < 1.29 is 24.2 Å². The number of carboxylic acid groups (broad SMARTS) is 1. The largest absolute Gasteiger partial charge is 0.484 e. The van der Waals surface area contributed by atoms with Crippen LogP contribution in [0.5, 0.6) is 5.75 Å². The molecule has 0 unspecified atom stereocenters. The maximum Gasteiger partial charge on any atom is 0.305 e. The highest BCUT2D eigenvalue weighted by Crippen LogP contribution is 2.16. The molecule has 6 heteroatoms. The second-order valence-corrected chi connectivity index (χ2v) is 5.68. The zero-order valence-electron chi connectivity index (χ0n) is 13.4. The first-order chi connectivity index (χ1) is 11.1. The van der Waals surface area contributed by atoms with Gasteiger partial charge in [0, 0.05) is 25.8 Å². The summed E-state index contributed by atoms with van der Waals surface area (Å²) in [5.41, 5.74) is 1.12. The van der Waals surface area contributed by atoms with Crippen molar-refractivity contribution in [3.05, 3.63) is 29.8 Å². The second-order valence-electron chi connectivity index (χ2n) is 5.68. The van der Waals surface area contributed by atoms with Gasteiger partial charge in [0.1, 0.15) is 5.75 Å². The average Bonchev–Trinajstić information content (AvgIpc) is 2.55. The van der Waals surface area contributed by atoms with Crippen LogP contribution in [0.1, 0.15) is 24.8 Å². The van der Waals surface area contributed by atoms with Crippen LogP contribution in [0.2, 0.25) is 0 Å². The molecule has 0 bridgehead atoms. The highest BCUT2D eigenvalue weighted by atomic mass is 16.5. The molecule has 0 aromatic heterocycles. The van der Waals surface area contributed by atoms with Crippen molar-refractivity contribution in [3.8, 4) is 5.75 Å². The molecule has 1 saturated heterocycles. The molecule has 1 aliphatic heterocycles. The molecule has 0 radical (unpaired) electrons. The lowest BCUT2D eigenvalue weighted by Gasteiger charge is -2.34. The van der Waals surface area contributed by atoms with Crippen LogP contribution < -0.4 is 4.74 Å². The van der Waals surface area contributed by atoms with Gasteiger partial charge < -0.3 is 19.5 Å². The van der Waals surface area contributed by atoms with E-state index in [1.807, 2.05) is 31.2 Å². The highest BCUT2D eigenvalue weighted by molar-refractivity contribution is 5.79. The van der Waals surface area contributed by atoms with Gasteiger partial charge in [-0.3, -0.25) is 9.59 Å². The van der Waals surface area contributed by atoms with Crippen molar-refractivity contribution >= 4 is 11.9 Å². The van der Waals surface area contributed by atoms with Crippen LogP contribution in [-0.2, 0) is 14.3 Å². The lowest BCUT2D eigenvalue weighted by atomic mass is 10.1. The highest BCUT2D eigenvalue weighted by Gasteiger charge is 2.26. The summed E-state index contributed by atoms with van der Waals surface area (Å²) in [6.45, 7) is 3.30. The molecule has 1 aromatic carbocycles. The van der Waals surface area contributed by atoms with Gasteiger partial charge >= 0.3 is 5.97 Å². The number of hydrogen-bond donors (Lipinski definition) is 1. The van der Waals surface area contributed by atoms with Gasteiger partial charge in [0.15, 0.2) is 6.61 Å². The number of ether oxygens (including phenoxy) is 2. The molecular formula is C17H23NO5. The van der Waals surface area contributed by atoms with E-state index < -0.39 is 5.97 Å². The molecule has 0 aliphatic carbocycles. The Labute approximate surface area is 136 Å². The maximum atomic E-state index is 12.5. The molecule has 1 amide bonds. The lowest BCUT2D eigenvalue weighted by Crippen LogP contribution is -2.46. The van der Waals surface area contributed by atoms with E-state index in [1.165, 1.54) is 0 Å². The van der Waals surface area contributed by atoms with Gasteiger partial charge in [0.05, 0.1) is 6.42 Å². The normalized spacial score (nSPS) is 15.2. The summed E-state index contributed by atoms with van der Waals surface area (Å²) in [7, 11) is 0. The molecule has 1 heterocycles. The molecule has 0 saturated carbocycles. The molecule has 0 spiro atoms. The quantitative estimate of drug-likeness (QED) is 0.829. The first-order valence-corrected chi connectivity index (χ1v) is 7.85. The first-order valence-electron chi connectivity index (χ1n) is 7.85. The molecule has 1 fully saturated rings. The van der Waals surface area contributed by atoms with Crippen LogP contribution in [-0.4, -0.2) is 54.3 Å². The smallest absolute Gasteiger partial charge is 0.305 e. The fourth-order valence-electron chi connectivity index (χ4n) is 2.59. The Bertz CT molecular complexity index is 522. The third kappa shape index (κ3) is 5.56. The minimum atomic E-state index is -0.908. The van der Waals surface area contributed by atoms with E-state index in [1.54, 1.807) is 4.90 Å².